The molecule has 0 aliphatic heterocycles. The van der Waals surface area contributed by atoms with E-state index in [1.54, 1.807) is 12.1 Å². The Hall–Kier alpha value is -4.46. The van der Waals surface area contributed by atoms with Gasteiger partial charge in [-0.1, -0.05) is 66.3 Å². The summed E-state index contributed by atoms with van der Waals surface area (Å²) in [4.78, 5) is 52.2. The Morgan fingerprint density at radius 3 is 1.96 bits per heavy atom. The maximum atomic E-state index is 13.2. The molecule has 1 aliphatic rings. The minimum absolute atomic E-state index is 0.0182. The largest absolute Gasteiger partial charge is 0.467 e. The van der Waals surface area contributed by atoms with Crippen molar-refractivity contribution in [1.29, 1.82) is 0 Å². The fourth-order valence-electron chi connectivity index (χ4n) is 6.04. The molecular weight excluding hydrogens is 604 g/mol. The van der Waals surface area contributed by atoms with E-state index in [-0.39, 0.29) is 17.2 Å². The van der Waals surface area contributed by atoms with Gasteiger partial charge in [0.05, 0.1) is 24.0 Å². The van der Waals surface area contributed by atoms with Crippen molar-refractivity contribution < 1.29 is 23.9 Å². The SMILES string of the molecule is COC(=O)[C@@H](NC(=O)c1ccc(Cl)cc1NC(=O)Nc1c(C)cc(C)cc1C)C1CCCCC1.Cc1cc(C)c(N=C=O)c(C)c1. The highest BCUT2D eigenvalue weighted by Gasteiger charge is 2.32. The summed E-state index contributed by atoms with van der Waals surface area (Å²) < 4.78 is 4.96. The molecule has 0 saturated heterocycles. The number of benzene rings is 3. The summed E-state index contributed by atoms with van der Waals surface area (Å²) in [5.41, 5.74) is 8.12. The first kappa shape index (κ1) is 36.0. The van der Waals surface area contributed by atoms with Crippen molar-refractivity contribution in [1.82, 2.24) is 5.32 Å². The van der Waals surface area contributed by atoms with Crippen LogP contribution in [0.2, 0.25) is 5.02 Å². The predicted octanol–water partition coefficient (Wildman–Crippen LogP) is 8.34. The van der Waals surface area contributed by atoms with Crippen LogP contribution in [0.15, 0.2) is 47.5 Å². The van der Waals surface area contributed by atoms with Crippen molar-refractivity contribution in [3.63, 3.8) is 0 Å². The number of carbonyl (C=O) groups excluding carboxylic acids is 4. The van der Waals surface area contributed by atoms with E-state index in [4.69, 9.17) is 16.3 Å². The maximum absolute atomic E-state index is 13.2. The van der Waals surface area contributed by atoms with Crippen LogP contribution >= 0.6 is 11.6 Å². The molecule has 3 amide bonds. The van der Waals surface area contributed by atoms with E-state index in [0.717, 1.165) is 65.6 Å². The molecule has 0 heterocycles. The van der Waals surface area contributed by atoms with Crippen LogP contribution in [-0.4, -0.2) is 37.1 Å². The second kappa shape index (κ2) is 16.7. The molecule has 3 aromatic carbocycles. The number of aryl methyl sites for hydroxylation is 6. The number of rotatable bonds is 7. The van der Waals surface area contributed by atoms with Crippen molar-refractivity contribution in [2.75, 3.05) is 17.7 Å². The molecule has 3 N–H and O–H groups in total. The number of isocyanates is 1. The Bertz CT molecular complexity index is 1600. The molecular formula is C36H43ClN4O5. The fraction of sp³-hybridized carbons (Fsp3) is 0.389. The molecule has 244 valence electrons. The molecule has 46 heavy (non-hydrogen) atoms. The summed E-state index contributed by atoms with van der Waals surface area (Å²) in [5, 5.41) is 8.79. The monoisotopic (exact) mass is 646 g/mol. The fourth-order valence-corrected chi connectivity index (χ4v) is 6.21. The number of carbonyl (C=O) groups is 3. The number of esters is 1. The Balaban J connectivity index is 0.000000402. The van der Waals surface area contributed by atoms with E-state index in [1.807, 2.05) is 65.8 Å². The molecule has 1 aliphatic carbocycles. The first-order chi connectivity index (χ1) is 21.8. The highest BCUT2D eigenvalue weighted by Crippen LogP contribution is 2.29. The zero-order valence-electron chi connectivity index (χ0n) is 27.6. The molecule has 0 unspecified atom stereocenters. The number of aliphatic imine (C=N–C) groups is 1. The lowest BCUT2D eigenvalue weighted by molar-refractivity contribution is -0.144. The molecule has 0 spiro atoms. The van der Waals surface area contributed by atoms with E-state index in [9.17, 15) is 19.2 Å². The number of urea groups is 1. The average Bonchev–Trinajstić information content (AvgIpc) is 3.00. The molecule has 0 aromatic heterocycles. The highest BCUT2D eigenvalue weighted by atomic mass is 35.5. The second-order valence-electron chi connectivity index (χ2n) is 11.9. The van der Waals surface area contributed by atoms with Gasteiger partial charge in [0, 0.05) is 10.7 Å². The minimum atomic E-state index is -0.743. The average molecular weight is 647 g/mol. The van der Waals surface area contributed by atoms with Gasteiger partial charge in [-0.15, -0.1) is 0 Å². The number of nitrogens with one attached hydrogen (secondary N) is 3. The van der Waals surface area contributed by atoms with Gasteiger partial charge in [0.25, 0.3) is 5.91 Å². The molecule has 10 heteroatoms. The van der Waals surface area contributed by atoms with E-state index in [1.165, 1.54) is 24.8 Å². The molecule has 1 atom stereocenters. The third-order valence-corrected chi connectivity index (χ3v) is 8.28. The van der Waals surface area contributed by atoms with Crippen LogP contribution in [0.1, 0.15) is 75.8 Å². The van der Waals surface area contributed by atoms with Gasteiger partial charge in [-0.05, 0) is 101 Å². The number of anilines is 2. The molecule has 4 rings (SSSR count). The Morgan fingerprint density at radius 1 is 0.848 bits per heavy atom. The first-order valence-corrected chi connectivity index (χ1v) is 15.7. The van der Waals surface area contributed by atoms with Gasteiger partial charge < -0.3 is 20.7 Å². The van der Waals surface area contributed by atoms with Gasteiger partial charge in [0.15, 0.2) is 0 Å². The van der Waals surface area contributed by atoms with Gasteiger partial charge >= 0.3 is 12.0 Å². The normalized spacial score (nSPS) is 13.3. The molecule has 3 aromatic rings. The smallest absolute Gasteiger partial charge is 0.328 e. The first-order valence-electron chi connectivity index (χ1n) is 15.3. The van der Waals surface area contributed by atoms with Crippen LogP contribution in [0.25, 0.3) is 0 Å². The van der Waals surface area contributed by atoms with Crippen molar-refractivity contribution >= 4 is 52.7 Å². The summed E-state index contributed by atoms with van der Waals surface area (Å²) in [6.45, 7) is 11.7. The number of nitrogens with zero attached hydrogens (tertiary/aromatic N) is 1. The number of ether oxygens (including phenoxy) is 1. The predicted molar refractivity (Wildman–Crippen MR) is 183 cm³/mol. The van der Waals surface area contributed by atoms with E-state index in [0.29, 0.717) is 10.7 Å². The molecule has 0 bridgehead atoms. The van der Waals surface area contributed by atoms with Crippen LogP contribution in [0.5, 0.6) is 0 Å². The van der Waals surface area contributed by atoms with Crippen molar-refractivity contribution in [2.45, 2.75) is 79.7 Å². The number of amides is 3. The number of hydrogen-bond acceptors (Lipinski definition) is 6. The van der Waals surface area contributed by atoms with Crippen LogP contribution in [0, 0.1) is 47.5 Å². The summed E-state index contributed by atoms with van der Waals surface area (Å²) in [6, 6.07) is 11.4. The molecule has 0 radical (unpaired) electrons. The standard InChI is InChI=1S/C26H32ClN3O4.C10H11NO/c1-15-12-16(2)22(17(3)13-15)30-26(33)28-21-14-19(27)10-11-20(21)24(31)29-23(25(32)34-4)18-8-6-5-7-9-18;1-7-4-8(2)10(11-6-12)9(3)5-7/h10-14,18,23H,5-9H2,1-4H3,(H,29,31)(H2,28,30,33);4-5H,1-3H3/t23-;/m0./s1. The minimum Gasteiger partial charge on any atom is -0.467 e. The van der Waals surface area contributed by atoms with E-state index in [2.05, 4.69) is 20.9 Å². The van der Waals surface area contributed by atoms with Gasteiger partial charge in [0.2, 0.25) is 6.08 Å². The van der Waals surface area contributed by atoms with Gasteiger partial charge in [-0.2, -0.15) is 4.99 Å². The lowest BCUT2D eigenvalue weighted by Crippen LogP contribution is -2.47. The third kappa shape index (κ3) is 9.77. The lowest BCUT2D eigenvalue weighted by atomic mass is 9.83. The summed E-state index contributed by atoms with van der Waals surface area (Å²) in [5.74, 6) is -0.924. The van der Waals surface area contributed by atoms with E-state index >= 15 is 0 Å². The zero-order chi connectivity index (χ0) is 34.0. The van der Waals surface area contributed by atoms with E-state index < -0.39 is 23.9 Å². The topological polar surface area (TPSA) is 126 Å². The van der Waals surface area contributed by atoms with Crippen LogP contribution in [0.4, 0.5) is 21.9 Å². The lowest BCUT2D eigenvalue weighted by Gasteiger charge is -2.29. The highest BCUT2D eigenvalue weighted by molar-refractivity contribution is 6.31. The molecule has 1 fully saturated rings. The molecule has 9 nitrogen and oxygen atoms in total. The zero-order valence-corrected chi connectivity index (χ0v) is 28.4. The number of hydrogen-bond donors (Lipinski definition) is 3. The Morgan fingerprint density at radius 2 is 1.41 bits per heavy atom. The van der Waals surface area contributed by atoms with Crippen molar-refractivity contribution in [3.8, 4) is 0 Å². The second-order valence-corrected chi connectivity index (χ2v) is 12.3. The van der Waals surface area contributed by atoms with Crippen LogP contribution < -0.4 is 16.0 Å². The summed E-state index contributed by atoms with van der Waals surface area (Å²) >= 11 is 6.16. The molecule has 1 saturated carbocycles. The van der Waals surface area contributed by atoms with Gasteiger partial charge in [-0.25, -0.2) is 14.4 Å². The Labute approximate surface area is 276 Å². The number of methoxy groups -OCH3 is 1. The summed E-state index contributed by atoms with van der Waals surface area (Å²) in [6.07, 6.45) is 6.41. The van der Waals surface area contributed by atoms with Crippen LogP contribution in [0.3, 0.4) is 0 Å². The van der Waals surface area contributed by atoms with Crippen molar-refractivity contribution in [3.05, 3.63) is 86.4 Å². The summed E-state index contributed by atoms with van der Waals surface area (Å²) in [7, 11) is 1.32. The van der Waals surface area contributed by atoms with Gasteiger partial charge in [0.1, 0.15) is 6.04 Å². The maximum Gasteiger partial charge on any atom is 0.328 e. The van der Waals surface area contributed by atoms with Crippen LogP contribution in [-0.2, 0) is 14.3 Å². The third-order valence-electron chi connectivity index (χ3n) is 8.05. The number of halogens is 1. The Kier molecular flexibility index (Phi) is 13.1. The quantitative estimate of drug-likeness (QED) is 0.135. The van der Waals surface area contributed by atoms with Crippen molar-refractivity contribution in [2.24, 2.45) is 10.9 Å². The van der Waals surface area contributed by atoms with Gasteiger partial charge in [-0.3, -0.25) is 4.79 Å².